The summed E-state index contributed by atoms with van der Waals surface area (Å²) in [4.78, 5) is 6.59. The van der Waals surface area contributed by atoms with Crippen LogP contribution in [-0.2, 0) is 24.1 Å². The van der Waals surface area contributed by atoms with Crippen molar-refractivity contribution in [3.63, 3.8) is 0 Å². The minimum atomic E-state index is -1.33. The molecular weight excluding hydrogens is 465 g/mol. The molecule has 0 radical (unpaired) electrons. The van der Waals surface area contributed by atoms with Crippen molar-refractivity contribution in [2.75, 3.05) is 19.1 Å². The molecule has 0 aliphatic carbocycles. The van der Waals surface area contributed by atoms with E-state index in [-0.39, 0.29) is 6.04 Å². The number of nitrogens with one attached hydrogen (secondary N) is 1. The third-order valence-corrected chi connectivity index (χ3v) is 7.21. The van der Waals surface area contributed by atoms with Gasteiger partial charge in [0.05, 0.1) is 36.1 Å². The molecule has 0 amide bonds. The first-order valence-corrected chi connectivity index (χ1v) is 12.6. The summed E-state index contributed by atoms with van der Waals surface area (Å²) in [5, 5.41) is 0. The fourth-order valence-electron chi connectivity index (χ4n) is 3.54. The smallest absolute Gasteiger partial charge is 0.141 e. The van der Waals surface area contributed by atoms with E-state index < -0.39 is 21.5 Å². The molecule has 35 heavy (non-hydrogen) atoms. The molecule has 3 aromatic rings. The summed E-state index contributed by atoms with van der Waals surface area (Å²) in [5.41, 5.74) is 2.75. The standard InChI is InChI=1S/C27H34FN3O3S/c1-19(30-35(32)27(2,3)4)25-15-22(28)16-29-26(25)31(17-20-7-11-23(33-5)12-8-20)18-21-9-13-24(34-6)14-10-21/h7-16,19,30H,17-18H2,1-6H3/t19-,35+/m1/s1. The normalized spacial score (nSPS) is 13.2. The first-order valence-electron chi connectivity index (χ1n) is 11.4. The molecule has 0 aliphatic rings. The Morgan fingerprint density at radius 1 is 0.971 bits per heavy atom. The molecule has 2 aromatic carbocycles. The Morgan fingerprint density at radius 3 is 1.89 bits per heavy atom. The molecule has 1 aromatic heterocycles. The maximum Gasteiger partial charge on any atom is 0.141 e. The van der Waals surface area contributed by atoms with E-state index in [1.165, 1.54) is 12.3 Å². The summed E-state index contributed by atoms with van der Waals surface area (Å²) in [6, 6.07) is 16.7. The predicted octanol–water partition coefficient (Wildman–Crippen LogP) is 5.56. The molecule has 0 unspecified atom stereocenters. The van der Waals surface area contributed by atoms with Gasteiger partial charge in [-0.1, -0.05) is 24.3 Å². The molecule has 0 saturated carbocycles. The molecule has 0 saturated heterocycles. The lowest BCUT2D eigenvalue weighted by atomic mass is 10.1. The topological polar surface area (TPSA) is 63.7 Å². The second-order valence-electron chi connectivity index (χ2n) is 9.34. The first-order chi connectivity index (χ1) is 16.6. The molecular formula is C27H34FN3O3S. The van der Waals surface area contributed by atoms with Gasteiger partial charge in [-0.2, -0.15) is 0 Å². The van der Waals surface area contributed by atoms with Crippen molar-refractivity contribution in [2.45, 2.75) is 51.6 Å². The van der Waals surface area contributed by atoms with Crippen molar-refractivity contribution >= 4 is 16.8 Å². The number of halogens is 1. The molecule has 0 aliphatic heterocycles. The Morgan fingerprint density at radius 2 is 1.46 bits per heavy atom. The van der Waals surface area contributed by atoms with Crippen molar-refractivity contribution in [1.29, 1.82) is 0 Å². The molecule has 2 atom stereocenters. The number of anilines is 1. The third kappa shape index (κ3) is 7.26. The summed E-state index contributed by atoms with van der Waals surface area (Å²) in [6.07, 6.45) is 1.22. The quantitative estimate of drug-likeness (QED) is 0.396. The Balaban J connectivity index is 1.99. The highest BCUT2D eigenvalue weighted by molar-refractivity contribution is 7.84. The van der Waals surface area contributed by atoms with Crippen LogP contribution in [0.1, 0.15) is 50.4 Å². The number of pyridine rings is 1. The lowest BCUT2D eigenvalue weighted by Gasteiger charge is -2.29. The largest absolute Gasteiger partial charge is 0.497 e. The van der Waals surface area contributed by atoms with E-state index in [0.717, 1.165) is 22.6 Å². The number of hydrogen-bond acceptors (Lipinski definition) is 5. The number of methoxy groups -OCH3 is 2. The predicted molar refractivity (Wildman–Crippen MR) is 140 cm³/mol. The lowest BCUT2D eigenvalue weighted by molar-refractivity contribution is 0.414. The monoisotopic (exact) mass is 499 g/mol. The Kier molecular flexibility index (Phi) is 8.86. The zero-order valence-corrected chi connectivity index (χ0v) is 22.0. The highest BCUT2D eigenvalue weighted by Gasteiger charge is 2.25. The van der Waals surface area contributed by atoms with Crippen LogP contribution in [0.5, 0.6) is 11.5 Å². The number of nitrogens with zero attached hydrogens (tertiary/aromatic N) is 2. The van der Waals surface area contributed by atoms with Gasteiger partial charge in [-0.05, 0) is 69.2 Å². The summed E-state index contributed by atoms with van der Waals surface area (Å²) in [6.45, 7) is 8.64. The molecule has 6 nitrogen and oxygen atoms in total. The van der Waals surface area contributed by atoms with Gasteiger partial charge in [0.25, 0.3) is 0 Å². The number of hydrogen-bond donors (Lipinski definition) is 1. The van der Waals surface area contributed by atoms with Gasteiger partial charge in [0.1, 0.15) is 23.1 Å². The molecule has 1 heterocycles. The molecule has 8 heteroatoms. The van der Waals surface area contributed by atoms with Crippen LogP contribution < -0.4 is 19.1 Å². The van der Waals surface area contributed by atoms with E-state index in [9.17, 15) is 8.60 Å². The van der Waals surface area contributed by atoms with Crippen LogP contribution >= 0.6 is 0 Å². The van der Waals surface area contributed by atoms with E-state index in [1.54, 1.807) is 14.2 Å². The minimum absolute atomic E-state index is 0.387. The van der Waals surface area contributed by atoms with Gasteiger partial charge >= 0.3 is 0 Å². The van der Waals surface area contributed by atoms with Crippen LogP contribution in [0, 0.1) is 5.82 Å². The second kappa shape index (κ2) is 11.6. The van der Waals surface area contributed by atoms with Crippen LogP contribution in [0.3, 0.4) is 0 Å². The van der Waals surface area contributed by atoms with Gasteiger partial charge in [0, 0.05) is 24.7 Å². The van der Waals surface area contributed by atoms with Gasteiger partial charge in [-0.25, -0.2) is 18.3 Å². The van der Waals surface area contributed by atoms with Crippen molar-refractivity contribution in [2.24, 2.45) is 0 Å². The summed E-state index contributed by atoms with van der Waals surface area (Å²) in [5.74, 6) is 1.74. The summed E-state index contributed by atoms with van der Waals surface area (Å²) < 4.78 is 40.4. The molecule has 188 valence electrons. The fraction of sp³-hybridized carbons (Fsp3) is 0.370. The fourth-order valence-corrected chi connectivity index (χ4v) is 4.34. The molecule has 0 fully saturated rings. The zero-order chi connectivity index (χ0) is 25.6. The highest BCUT2D eigenvalue weighted by atomic mass is 32.2. The van der Waals surface area contributed by atoms with Crippen LogP contribution in [-0.4, -0.2) is 28.2 Å². The molecule has 0 bridgehead atoms. The van der Waals surface area contributed by atoms with Crippen LogP contribution in [0.25, 0.3) is 0 Å². The highest BCUT2D eigenvalue weighted by Crippen LogP contribution is 2.29. The second-order valence-corrected chi connectivity index (χ2v) is 11.3. The van der Waals surface area contributed by atoms with Crippen molar-refractivity contribution in [3.8, 4) is 11.5 Å². The van der Waals surface area contributed by atoms with Crippen molar-refractivity contribution in [3.05, 3.63) is 83.3 Å². The number of ether oxygens (including phenoxy) is 2. The van der Waals surface area contributed by atoms with Crippen LogP contribution in [0.2, 0.25) is 0 Å². The first kappa shape index (κ1) is 26.6. The summed E-state index contributed by atoms with van der Waals surface area (Å²) >= 11 is 0. The van der Waals surface area contributed by atoms with Gasteiger partial charge in [-0.15, -0.1) is 0 Å². The van der Waals surface area contributed by atoms with Crippen LogP contribution in [0.4, 0.5) is 10.2 Å². The number of aromatic nitrogens is 1. The third-order valence-electron chi connectivity index (χ3n) is 5.53. The van der Waals surface area contributed by atoms with Gasteiger partial charge in [0.2, 0.25) is 0 Å². The maximum atomic E-state index is 14.4. The van der Waals surface area contributed by atoms with Gasteiger partial charge < -0.3 is 14.4 Å². The van der Waals surface area contributed by atoms with Crippen molar-refractivity contribution < 1.29 is 18.1 Å². The number of rotatable bonds is 10. The average molecular weight is 500 g/mol. The minimum Gasteiger partial charge on any atom is -0.497 e. The Bertz CT molecular complexity index is 1080. The van der Waals surface area contributed by atoms with Crippen molar-refractivity contribution in [1.82, 2.24) is 9.71 Å². The van der Waals surface area contributed by atoms with E-state index in [1.807, 2.05) is 76.2 Å². The van der Waals surface area contributed by atoms with E-state index in [2.05, 4.69) is 14.6 Å². The maximum absolute atomic E-state index is 14.4. The van der Waals surface area contributed by atoms with Gasteiger partial charge in [0.15, 0.2) is 0 Å². The zero-order valence-electron chi connectivity index (χ0n) is 21.2. The SMILES string of the molecule is COc1ccc(CN(Cc2ccc(OC)cc2)c2ncc(F)cc2[C@@H](C)N[S@@](=O)C(C)(C)C)cc1. The van der Waals surface area contributed by atoms with Gasteiger partial charge in [-0.3, -0.25) is 0 Å². The molecule has 0 spiro atoms. The van der Waals surface area contributed by atoms with E-state index in [4.69, 9.17) is 9.47 Å². The molecule has 1 N–H and O–H groups in total. The number of benzene rings is 2. The van der Waals surface area contributed by atoms with E-state index in [0.29, 0.717) is 24.5 Å². The Labute approximate surface area is 210 Å². The van der Waals surface area contributed by atoms with Crippen LogP contribution in [0.15, 0.2) is 60.8 Å². The summed E-state index contributed by atoms with van der Waals surface area (Å²) in [7, 11) is 1.94. The van der Waals surface area contributed by atoms with E-state index >= 15 is 0 Å². The Hall–Kier alpha value is -2.97. The molecule has 3 rings (SSSR count). The lowest BCUT2D eigenvalue weighted by Crippen LogP contribution is -2.35. The average Bonchev–Trinajstić information content (AvgIpc) is 2.84.